The van der Waals surface area contributed by atoms with E-state index < -0.39 is 0 Å². The van der Waals surface area contributed by atoms with Crippen LogP contribution in [0.25, 0.3) is 0 Å². The van der Waals surface area contributed by atoms with Crippen molar-refractivity contribution >= 4 is 34.2 Å². The maximum absolute atomic E-state index is 12.2. The maximum Gasteiger partial charge on any atom is 0.251 e. The van der Waals surface area contributed by atoms with Crippen LogP contribution in [0.15, 0.2) is 46.8 Å². The molecule has 1 unspecified atom stereocenters. The van der Waals surface area contributed by atoms with Gasteiger partial charge in [-0.05, 0) is 48.9 Å². The first-order valence-electron chi connectivity index (χ1n) is 7.96. The van der Waals surface area contributed by atoms with Gasteiger partial charge >= 0.3 is 0 Å². The van der Waals surface area contributed by atoms with Crippen LogP contribution in [0.5, 0.6) is 0 Å². The van der Waals surface area contributed by atoms with E-state index in [0.29, 0.717) is 17.3 Å². The van der Waals surface area contributed by atoms with Crippen LogP contribution in [0.1, 0.15) is 34.1 Å². The molecule has 1 amide bonds. The summed E-state index contributed by atoms with van der Waals surface area (Å²) in [7, 11) is 0. The van der Waals surface area contributed by atoms with Gasteiger partial charge in [-0.1, -0.05) is 30.0 Å². The Morgan fingerprint density at radius 2 is 2.12 bits per heavy atom. The van der Waals surface area contributed by atoms with Gasteiger partial charge in [0.1, 0.15) is 0 Å². The number of aliphatic imine (C=N–C) groups is 1. The molecule has 0 fully saturated rings. The van der Waals surface area contributed by atoms with Crippen molar-refractivity contribution in [2.75, 3.05) is 12.3 Å². The average molecular weight is 360 g/mol. The van der Waals surface area contributed by atoms with Gasteiger partial charge in [0.15, 0.2) is 5.17 Å². The largest absolute Gasteiger partial charge is 0.379 e. The third-order valence-electron chi connectivity index (χ3n) is 4.20. The molecule has 126 valence electrons. The van der Waals surface area contributed by atoms with Gasteiger partial charge in [-0.3, -0.25) is 9.79 Å². The van der Waals surface area contributed by atoms with E-state index in [2.05, 4.69) is 28.7 Å². The molecule has 6 heteroatoms. The molecule has 4 nitrogen and oxygen atoms in total. The molecule has 3 N–H and O–H groups in total. The van der Waals surface area contributed by atoms with Crippen molar-refractivity contribution in [3.05, 3.63) is 57.8 Å². The standard InChI is InChI=1S/C18H21N3OS2/c1-18(9-12-24-17(19)21-18)14-6-4-13(5-7-14)16(22)20-10-8-15-3-2-11-23-15/h2-7,11H,8-10,12H2,1H3,(H2,19,21)(H,20,22). The van der Waals surface area contributed by atoms with Crippen molar-refractivity contribution in [3.63, 3.8) is 0 Å². The van der Waals surface area contributed by atoms with E-state index in [4.69, 9.17) is 5.73 Å². The van der Waals surface area contributed by atoms with E-state index in [1.807, 2.05) is 30.3 Å². The molecule has 1 aliphatic heterocycles. The monoisotopic (exact) mass is 359 g/mol. The van der Waals surface area contributed by atoms with Crippen LogP contribution in [0, 0.1) is 0 Å². The van der Waals surface area contributed by atoms with Crippen LogP contribution in [0.4, 0.5) is 0 Å². The van der Waals surface area contributed by atoms with Crippen molar-refractivity contribution in [3.8, 4) is 0 Å². The molecule has 0 bridgehead atoms. The first-order valence-corrected chi connectivity index (χ1v) is 9.83. The second-order valence-corrected chi connectivity index (χ2v) is 8.13. The lowest BCUT2D eigenvalue weighted by Gasteiger charge is -2.29. The number of benzene rings is 1. The lowest BCUT2D eigenvalue weighted by atomic mass is 9.89. The second kappa shape index (κ2) is 7.40. The van der Waals surface area contributed by atoms with Crippen molar-refractivity contribution in [2.24, 2.45) is 10.7 Å². The lowest BCUT2D eigenvalue weighted by Crippen LogP contribution is -2.29. The summed E-state index contributed by atoms with van der Waals surface area (Å²) in [4.78, 5) is 18.1. The molecule has 0 aliphatic carbocycles. The summed E-state index contributed by atoms with van der Waals surface area (Å²) in [5.41, 5.74) is 7.36. The predicted molar refractivity (Wildman–Crippen MR) is 103 cm³/mol. The van der Waals surface area contributed by atoms with E-state index >= 15 is 0 Å². The van der Waals surface area contributed by atoms with E-state index in [0.717, 1.165) is 24.2 Å². The van der Waals surface area contributed by atoms with Gasteiger partial charge in [0.25, 0.3) is 5.91 Å². The van der Waals surface area contributed by atoms with Crippen molar-refractivity contribution in [2.45, 2.75) is 25.3 Å². The zero-order valence-corrected chi connectivity index (χ0v) is 15.3. The van der Waals surface area contributed by atoms with Crippen LogP contribution in [-0.4, -0.2) is 23.4 Å². The Morgan fingerprint density at radius 3 is 2.79 bits per heavy atom. The number of amides is 1. The smallest absolute Gasteiger partial charge is 0.251 e. The van der Waals surface area contributed by atoms with Crippen LogP contribution < -0.4 is 11.1 Å². The summed E-state index contributed by atoms with van der Waals surface area (Å²) in [5, 5.41) is 5.66. The minimum Gasteiger partial charge on any atom is -0.379 e. The number of hydrogen-bond acceptors (Lipinski definition) is 5. The fourth-order valence-electron chi connectivity index (χ4n) is 2.73. The molecule has 1 aromatic carbocycles. The number of thiophene rings is 1. The number of hydrogen-bond donors (Lipinski definition) is 2. The Kier molecular flexibility index (Phi) is 5.26. The first-order chi connectivity index (χ1) is 11.6. The lowest BCUT2D eigenvalue weighted by molar-refractivity contribution is 0.0954. The molecule has 0 radical (unpaired) electrons. The number of rotatable bonds is 5. The number of nitrogens with one attached hydrogen (secondary N) is 1. The molecule has 3 rings (SSSR count). The SMILES string of the molecule is CC1(c2ccc(C(=O)NCCc3cccs3)cc2)CCSC(N)=N1. The van der Waals surface area contributed by atoms with Crippen molar-refractivity contribution in [1.29, 1.82) is 0 Å². The minimum atomic E-state index is -0.288. The highest BCUT2D eigenvalue weighted by Gasteiger charge is 2.29. The quantitative estimate of drug-likeness (QED) is 0.860. The van der Waals surface area contributed by atoms with E-state index in [-0.39, 0.29) is 11.4 Å². The van der Waals surface area contributed by atoms with Crippen LogP contribution >= 0.6 is 23.1 Å². The summed E-state index contributed by atoms with van der Waals surface area (Å²) in [5.74, 6) is 0.932. The number of nitrogens with two attached hydrogens (primary N) is 1. The van der Waals surface area contributed by atoms with Gasteiger partial charge in [-0.15, -0.1) is 11.3 Å². The van der Waals surface area contributed by atoms with E-state index in [1.54, 1.807) is 23.1 Å². The molecule has 0 spiro atoms. The molecule has 1 aromatic heterocycles. The number of amidine groups is 1. The van der Waals surface area contributed by atoms with Crippen molar-refractivity contribution < 1.29 is 4.79 Å². The minimum absolute atomic E-state index is 0.0366. The molecule has 2 aromatic rings. The molecule has 24 heavy (non-hydrogen) atoms. The number of thioether (sulfide) groups is 1. The number of carbonyl (C=O) groups is 1. The molecular formula is C18H21N3OS2. The van der Waals surface area contributed by atoms with Gasteiger partial charge in [0, 0.05) is 22.7 Å². The highest BCUT2D eigenvalue weighted by atomic mass is 32.2. The highest BCUT2D eigenvalue weighted by Crippen LogP contribution is 2.34. The zero-order chi connectivity index (χ0) is 17.0. The topological polar surface area (TPSA) is 67.5 Å². The molecule has 1 aliphatic rings. The first kappa shape index (κ1) is 17.0. The third-order valence-corrected chi connectivity index (χ3v) is 5.93. The summed E-state index contributed by atoms with van der Waals surface area (Å²) in [6.07, 6.45) is 1.82. The maximum atomic E-state index is 12.2. The van der Waals surface area contributed by atoms with Gasteiger partial charge in [-0.2, -0.15) is 0 Å². The van der Waals surface area contributed by atoms with Gasteiger partial charge in [0.2, 0.25) is 0 Å². The Hall–Kier alpha value is -1.79. The van der Waals surface area contributed by atoms with E-state index in [1.165, 1.54) is 4.88 Å². The molecular weight excluding hydrogens is 338 g/mol. The van der Waals surface area contributed by atoms with E-state index in [9.17, 15) is 4.79 Å². The average Bonchev–Trinajstić information content (AvgIpc) is 3.08. The van der Waals surface area contributed by atoms with Crippen LogP contribution in [0.3, 0.4) is 0 Å². The fourth-order valence-corrected chi connectivity index (χ4v) is 4.42. The number of carbonyl (C=O) groups excluding carboxylic acids is 1. The predicted octanol–water partition coefficient (Wildman–Crippen LogP) is 3.39. The summed E-state index contributed by atoms with van der Waals surface area (Å²) in [6, 6.07) is 11.8. The molecule has 1 atom stereocenters. The Morgan fingerprint density at radius 1 is 1.33 bits per heavy atom. The zero-order valence-electron chi connectivity index (χ0n) is 13.6. The Labute approximate surface area is 150 Å². The summed E-state index contributed by atoms with van der Waals surface area (Å²) >= 11 is 3.31. The Balaban J connectivity index is 1.61. The summed E-state index contributed by atoms with van der Waals surface area (Å²) in [6.45, 7) is 2.74. The summed E-state index contributed by atoms with van der Waals surface area (Å²) < 4.78 is 0. The second-order valence-electron chi connectivity index (χ2n) is 5.98. The molecule has 0 saturated heterocycles. The van der Waals surface area contributed by atoms with Gasteiger partial charge in [-0.25, -0.2) is 0 Å². The van der Waals surface area contributed by atoms with Gasteiger partial charge < -0.3 is 11.1 Å². The Bertz CT molecular complexity index is 725. The van der Waals surface area contributed by atoms with Crippen molar-refractivity contribution in [1.82, 2.24) is 5.32 Å². The fraction of sp³-hybridized carbons (Fsp3) is 0.333. The number of nitrogens with zero attached hydrogens (tertiary/aromatic N) is 1. The molecule has 0 saturated carbocycles. The normalized spacial score (nSPS) is 20.5. The third kappa shape index (κ3) is 3.99. The molecule has 2 heterocycles. The van der Waals surface area contributed by atoms with Crippen LogP contribution in [-0.2, 0) is 12.0 Å². The van der Waals surface area contributed by atoms with Crippen LogP contribution in [0.2, 0.25) is 0 Å². The van der Waals surface area contributed by atoms with Gasteiger partial charge in [0.05, 0.1) is 5.54 Å². The highest BCUT2D eigenvalue weighted by molar-refractivity contribution is 8.13.